The number of hydrogen-bond acceptors (Lipinski definition) is 5. The summed E-state index contributed by atoms with van der Waals surface area (Å²) >= 11 is 0. The number of anilines is 1. The van der Waals surface area contributed by atoms with Gasteiger partial charge >= 0.3 is 0 Å². The Kier molecular flexibility index (Phi) is 7.14. The number of aryl methyl sites for hydroxylation is 2. The molecule has 0 atom stereocenters. The van der Waals surface area contributed by atoms with Crippen LogP contribution in [0.1, 0.15) is 22.3 Å². The Morgan fingerprint density at radius 2 is 1.72 bits per heavy atom. The summed E-state index contributed by atoms with van der Waals surface area (Å²) in [5, 5.41) is 21.4. The molecule has 0 fully saturated rings. The van der Waals surface area contributed by atoms with Gasteiger partial charge in [0.05, 0.1) is 7.11 Å². The second kappa shape index (κ2) is 10.2. The van der Waals surface area contributed by atoms with Gasteiger partial charge in [0, 0.05) is 5.69 Å². The molecule has 0 saturated carbocycles. The third kappa shape index (κ3) is 5.89. The van der Waals surface area contributed by atoms with Crippen LogP contribution in [0.2, 0.25) is 0 Å². The number of nitriles is 1. The number of carbonyl (C=O) groups excluding carboxylic acids is 1. The number of phenolic OH excluding ortho intramolecular Hbond substituents is 1. The molecule has 0 aliphatic rings. The van der Waals surface area contributed by atoms with Gasteiger partial charge in [-0.05, 0) is 67.4 Å². The highest BCUT2D eigenvalue weighted by molar-refractivity contribution is 6.09. The van der Waals surface area contributed by atoms with Gasteiger partial charge in [-0.1, -0.05) is 35.4 Å². The Labute approximate surface area is 187 Å². The molecule has 162 valence electrons. The van der Waals surface area contributed by atoms with Gasteiger partial charge in [-0.15, -0.1) is 0 Å². The first kappa shape index (κ1) is 22.4. The number of nitrogens with zero attached hydrogens (tertiary/aromatic N) is 1. The summed E-state index contributed by atoms with van der Waals surface area (Å²) in [7, 11) is 1.54. The van der Waals surface area contributed by atoms with E-state index in [2.05, 4.69) is 23.5 Å². The molecule has 0 unspecified atom stereocenters. The van der Waals surface area contributed by atoms with Gasteiger partial charge in [-0.3, -0.25) is 4.79 Å². The highest BCUT2D eigenvalue weighted by atomic mass is 16.5. The van der Waals surface area contributed by atoms with Crippen molar-refractivity contribution in [2.45, 2.75) is 20.5 Å². The first-order valence-corrected chi connectivity index (χ1v) is 9.98. The summed E-state index contributed by atoms with van der Waals surface area (Å²) < 4.78 is 11.4. The van der Waals surface area contributed by atoms with Crippen molar-refractivity contribution in [2.75, 3.05) is 12.4 Å². The maximum absolute atomic E-state index is 12.4. The van der Waals surface area contributed by atoms with E-state index in [9.17, 15) is 15.2 Å². The number of phenols is 1. The van der Waals surface area contributed by atoms with E-state index in [0.717, 1.165) is 5.56 Å². The molecule has 0 radical (unpaired) electrons. The normalized spacial score (nSPS) is 10.9. The molecule has 0 aliphatic heterocycles. The lowest BCUT2D eigenvalue weighted by molar-refractivity contribution is -0.112. The molecular formula is C26H24N2O4. The third-order valence-electron chi connectivity index (χ3n) is 4.66. The highest BCUT2D eigenvalue weighted by Gasteiger charge is 2.12. The molecule has 2 N–H and O–H groups in total. The van der Waals surface area contributed by atoms with Crippen LogP contribution < -0.4 is 14.8 Å². The zero-order valence-corrected chi connectivity index (χ0v) is 18.2. The molecule has 0 bridgehead atoms. The number of methoxy groups -OCH3 is 1. The fourth-order valence-electron chi connectivity index (χ4n) is 3.27. The Balaban J connectivity index is 1.75. The summed E-state index contributed by atoms with van der Waals surface area (Å²) in [6.07, 6.45) is 1.48. The van der Waals surface area contributed by atoms with Crippen molar-refractivity contribution in [3.05, 3.63) is 88.5 Å². The van der Waals surface area contributed by atoms with Crippen molar-refractivity contribution >= 4 is 17.7 Å². The minimum absolute atomic E-state index is 0.0657. The van der Waals surface area contributed by atoms with Crippen molar-refractivity contribution < 1.29 is 19.4 Å². The number of carbonyl (C=O) groups is 1. The molecule has 1 amide bonds. The summed E-state index contributed by atoms with van der Waals surface area (Å²) in [6, 6.07) is 19.4. The molecule has 3 rings (SSSR count). The van der Waals surface area contributed by atoms with Gasteiger partial charge in [-0.2, -0.15) is 5.26 Å². The summed E-state index contributed by atoms with van der Waals surface area (Å²) in [5.41, 5.74) is 4.44. The van der Waals surface area contributed by atoms with Crippen LogP contribution >= 0.6 is 0 Å². The molecule has 0 heterocycles. The fraction of sp³-hybridized carbons (Fsp3) is 0.154. The first-order valence-electron chi connectivity index (χ1n) is 9.98. The van der Waals surface area contributed by atoms with Gasteiger partial charge in [0.15, 0.2) is 11.5 Å². The lowest BCUT2D eigenvalue weighted by Crippen LogP contribution is -2.13. The van der Waals surface area contributed by atoms with Gasteiger partial charge in [-0.25, -0.2) is 0 Å². The average molecular weight is 428 g/mol. The van der Waals surface area contributed by atoms with Gasteiger partial charge in [0.1, 0.15) is 24.0 Å². The van der Waals surface area contributed by atoms with Crippen LogP contribution in [-0.2, 0) is 11.4 Å². The largest absolute Gasteiger partial charge is 0.508 e. The molecule has 0 saturated heterocycles. The topological polar surface area (TPSA) is 91.6 Å². The van der Waals surface area contributed by atoms with E-state index in [-0.39, 0.29) is 11.3 Å². The van der Waals surface area contributed by atoms with Crippen LogP contribution in [0.3, 0.4) is 0 Å². The van der Waals surface area contributed by atoms with Crippen molar-refractivity contribution in [1.29, 1.82) is 5.26 Å². The number of rotatable bonds is 7. The van der Waals surface area contributed by atoms with E-state index in [1.165, 1.54) is 36.4 Å². The maximum Gasteiger partial charge on any atom is 0.266 e. The molecule has 0 aliphatic carbocycles. The summed E-state index contributed by atoms with van der Waals surface area (Å²) in [5.74, 6) is 0.605. The number of aromatic hydroxyl groups is 1. The van der Waals surface area contributed by atoms with Crippen molar-refractivity contribution in [1.82, 2.24) is 0 Å². The molecule has 32 heavy (non-hydrogen) atoms. The summed E-state index contributed by atoms with van der Waals surface area (Å²) in [4.78, 5) is 12.4. The lowest BCUT2D eigenvalue weighted by Gasteiger charge is -2.12. The maximum atomic E-state index is 12.4. The number of benzene rings is 3. The van der Waals surface area contributed by atoms with Crippen LogP contribution in [0.4, 0.5) is 5.69 Å². The second-order valence-corrected chi connectivity index (χ2v) is 7.37. The van der Waals surface area contributed by atoms with Crippen molar-refractivity contribution in [3.8, 4) is 23.3 Å². The van der Waals surface area contributed by atoms with E-state index in [0.29, 0.717) is 29.4 Å². The molecule has 0 spiro atoms. The van der Waals surface area contributed by atoms with E-state index in [1.54, 1.807) is 30.3 Å². The number of hydrogen-bond donors (Lipinski definition) is 2. The van der Waals surface area contributed by atoms with E-state index >= 15 is 0 Å². The monoisotopic (exact) mass is 428 g/mol. The van der Waals surface area contributed by atoms with Crippen molar-refractivity contribution in [2.24, 2.45) is 0 Å². The van der Waals surface area contributed by atoms with Gasteiger partial charge < -0.3 is 19.9 Å². The number of ether oxygens (including phenoxy) is 2. The SMILES string of the molecule is COc1cc(/C=C(\C#N)C(=O)Nc2ccc(O)cc2)ccc1OCc1cc(C)cc(C)c1. The van der Waals surface area contributed by atoms with Crippen LogP contribution in [0.5, 0.6) is 17.2 Å². The predicted octanol–water partition coefficient (Wildman–Crippen LogP) is 5.14. The zero-order chi connectivity index (χ0) is 23.1. The molecular weight excluding hydrogens is 404 g/mol. The van der Waals surface area contributed by atoms with Crippen LogP contribution in [0.25, 0.3) is 6.08 Å². The zero-order valence-electron chi connectivity index (χ0n) is 18.2. The van der Waals surface area contributed by atoms with E-state index in [4.69, 9.17) is 9.47 Å². The molecule has 3 aromatic rings. The van der Waals surface area contributed by atoms with Crippen LogP contribution in [0.15, 0.2) is 66.2 Å². The Morgan fingerprint density at radius 1 is 1.03 bits per heavy atom. The van der Waals surface area contributed by atoms with Crippen molar-refractivity contribution in [3.63, 3.8) is 0 Å². The standard InChI is InChI=1S/C26H24N2O4/c1-17-10-18(2)12-20(11-17)16-32-24-9-4-19(14-25(24)31-3)13-21(15-27)26(30)28-22-5-7-23(29)8-6-22/h4-14,29H,16H2,1-3H3,(H,28,30)/b21-13+. The molecule has 6 nitrogen and oxygen atoms in total. The van der Waals surface area contributed by atoms with Gasteiger partial charge in [0.25, 0.3) is 5.91 Å². The van der Waals surface area contributed by atoms with E-state index < -0.39 is 5.91 Å². The lowest BCUT2D eigenvalue weighted by atomic mass is 10.1. The fourth-order valence-corrected chi connectivity index (χ4v) is 3.27. The second-order valence-electron chi connectivity index (χ2n) is 7.37. The molecule has 3 aromatic carbocycles. The highest BCUT2D eigenvalue weighted by Crippen LogP contribution is 2.30. The van der Waals surface area contributed by atoms with Crippen LogP contribution in [-0.4, -0.2) is 18.1 Å². The number of amides is 1. The third-order valence-corrected chi connectivity index (χ3v) is 4.66. The minimum atomic E-state index is -0.549. The van der Waals surface area contributed by atoms with Gasteiger partial charge in [0.2, 0.25) is 0 Å². The quantitative estimate of drug-likeness (QED) is 0.309. The Bertz CT molecular complexity index is 1170. The molecule has 6 heteroatoms. The summed E-state index contributed by atoms with van der Waals surface area (Å²) in [6.45, 7) is 4.48. The average Bonchev–Trinajstić information content (AvgIpc) is 2.77. The minimum Gasteiger partial charge on any atom is -0.508 e. The Morgan fingerprint density at radius 3 is 2.34 bits per heavy atom. The first-order chi connectivity index (χ1) is 15.4. The smallest absolute Gasteiger partial charge is 0.266 e. The number of nitrogens with one attached hydrogen (secondary N) is 1. The van der Waals surface area contributed by atoms with Crippen LogP contribution in [0, 0.1) is 25.2 Å². The predicted molar refractivity (Wildman–Crippen MR) is 124 cm³/mol. The molecule has 0 aromatic heterocycles. The van der Waals surface area contributed by atoms with E-state index in [1.807, 2.05) is 19.9 Å². The Hall–Kier alpha value is -4.24.